The van der Waals surface area contributed by atoms with Crippen molar-refractivity contribution in [3.63, 3.8) is 0 Å². The van der Waals surface area contributed by atoms with Crippen molar-refractivity contribution in [2.75, 3.05) is 9.80 Å². The van der Waals surface area contributed by atoms with Gasteiger partial charge in [0.15, 0.2) is 0 Å². The normalized spacial score (nSPS) is 12.3. The predicted octanol–water partition coefficient (Wildman–Crippen LogP) is 14.7. The van der Waals surface area contributed by atoms with E-state index >= 15 is 8.78 Å². The van der Waals surface area contributed by atoms with E-state index in [2.05, 4.69) is 41.5 Å². The molecule has 2 nitrogen and oxygen atoms in total. The minimum absolute atomic E-state index is 0.0840. The van der Waals surface area contributed by atoms with Crippen molar-refractivity contribution in [3.05, 3.63) is 168 Å². The van der Waals surface area contributed by atoms with Crippen molar-refractivity contribution in [2.24, 2.45) is 0 Å². The van der Waals surface area contributed by atoms with Gasteiger partial charge in [0.2, 0.25) is 0 Å². The second-order valence-corrected chi connectivity index (χ2v) is 16.0. The summed E-state index contributed by atoms with van der Waals surface area (Å²) >= 11 is 0. The SMILES string of the molecule is CC(C)(C)c1ccc(N(c2cc(F)ccc2F)c2ccc3ccc4c(N(c5ccc(C(C)(C)C)cc5)c5cc(F)ccc5F)ccc5ccc2c3c54)cc1. The van der Waals surface area contributed by atoms with Crippen LogP contribution in [0.3, 0.4) is 0 Å². The molecule has 0 aromatic heterocycles. The standard InChI is InChI=1S/C48H40F4N2/c1-47(2,3)31-11-17-35(18-12-31)53(43-27-33(49)15-23-39(43)51)41-25-9-29-8-22-38-42(26-10-30-7-21-37(41)45(29)46(30)38)54(44-28-34(50)16-24-40(44)52)36-19-13-32(14-20-36)48(4,5)6/h7-28H,1-6H3. The maximum absolute atomic E-state index is 15.8. The molecule has 8 rings (SSSR count). The van der Waals surface area contributed by atoms with Gasteiger partial charge in [0, 0.05) is 34.3 Å². The molecule has 6 heteroatoms. The topological polar surface area (TPSA) is 6.48 Å². The molecule has 0 atom stereocenters. The Kier molecular flexibility index (Phi) is 8.41. The molecule has 0 spiro atoms. The Hall–Kier alpha value is -5.88. The van der Waals surface area contributed by atoms with Crippen LogP contribution in [0.1, 0.15) is 52.7 Å². The van der Waals surface area contributed by atoms with Crippen molar-refractivity contribution in [1.29, 1.82) is 0 Å². The van der Waals surface area contributed by atoms with Gasteiger partial charge in [0.25, 0.3) is 0 Å². The highest BCUT2D eigenvalue weighted by molar-refractivity contribution is 6.28. The zero-order chi connectivity index (χ0) is 38.1. The highest BCUT2D eigenvalue weighted by Gasteiger charge is 2.25. The predicted molar refractivity (Wildman–Crippen MR) is 217 cm³/mol. The van der Waals surface area contributed by atoms with E-state index in [0.717, 1.165) is 67.7 Å². The minimum atomic E-state index is -0.561. The van der Waals surface area contributed by atoms with Gasteiger partial charge in [-0.2, -0.15) is 0 Å². The van der Waals surface area contributed by atoms with Crippen molar-refractivity contribution in [2.45, 2.75) is 52.4 Å². The summed E-state index contributed by atoms with van der Waals surface area (Å²) in [5.74, 6) is -2.22. The third-order valence-corrected chi connectivity index (χ3v) is 10.4. The van der Waals surface area contributed by atoms with Crippen LogP contribution < -0.4 is 9.80 Å². The number of nitrogens with zero attached hydrogens (tertiary/aromatic N) is 2. The number of hydrogen-bond acceptors (Lipinski definition) is 2. The number of halogens is 4. The van der Waals surface area contributed by atoms with Crippen LogP contribution in [0, 0.1) is 23.3 Å². The van der Waals surface area contributed by atoms with Gasteiger partial charge in [-0.15, -0.1) is 0 Å². The molecule has 0 saturated heterocycles. The molecule has 8 aromatic rings. The second kappa shape index (κ2) is 12.9. The van der Waals surface area contributed by atoms with Gasteiger partial charge in [-0.25, -0.2) is 17.6 Å². The lowest BCUT2D eigenvalue weighted by Gasteiger charge is -2.30. The largest absolute Gasteiger partial charge is 0.307 e. The number of anilines is 6. The Morgan fingerprint density at radius 2 is 0.722 bits per heavy atom. The Morgan fingerprint density at radius 1 is 0.370 bits per heavy atom. The van der Waals surface area contributed by atoms with E-state index in [1.807, 2.05) is 97.1 Å². The van der Waals surface area contributed by atoms with E-state index in [-0.39, 0.29) is 22.2 Å². The van der Waals surface area contributed by atoms with E-state index < -0.39 is 23.3 Å². The van der Waals surface area contributed by atoms with Gasteiger partial charge in [-0.3, -0.25) is 0 Å². The Bertz CT molecular complexity index is 2480. The van der Waals surface area contributed by atoms with Crippen LogP contribution in [-0.4, -0.2) is 0 Å². The average molecular weight is 721 g/mol. The maximum Gasteiger partial charge on any atom is 0.147 e. The first-order valence-corrected chi connectivity index (χ1v) is 18.1. The highest BCUT2D eigenvalue weighted by Crippen LogP contribution is 2.48. The van der Waals surface area contributed by atoms with E-state index in [1.165, 1.54) is 12.1 Å². The zero-order valence-electron chi connectivity index (χ0n) is 31.1. The lowest BCUT2D eigenvalue weighted by molar-refractivity contribution is 0.590. The van der Waals surface area contributed by atoms with Crippen LogP contribution in [0.25, 0.3) is 32.3 Å². The summed E-state index contributed by atoms with van der Waals surface area (Å²) in [6.07, 6.45) is 0. The Morgan fingerprint density at radius 3 is 1.07 bits per heavy atom. The summed E-state index contributed by atoms with van der Waals surface area (Å²) in [6.45, 7) is 12.8. The van der Waals surface area contributed by atoms with Gasteiger partial charge in [-0.05, 0) is 104 Å². The van der Waals surface area contributed by atoms with E-state index in [9.17, 15) is 8.78 Å². The first-order valence-electron chi connectivity index (χ1n) is 18.1. The van der Waals surface area contributed by atoms with Crippen LogP contribution >= 0.6 is 0 Å². The first kappa shape index (κ1) is 35.2. The summed E-state index contributed by atoms with van der Waals surface area (Å²) < 4.78 is 61.4. The quantitative estimate of drug-likeness (QED) is 0.125. The zero-order valence-corrected chi connectivity index (χ0v) is 31.1. The fourth-order valence-electron chi connectivity index (χ4n) is 7.51. The average Bonchev–Trinajstić information content (AvgIpc) is 3.14. The Balaban J connectivity index is 1.39. The molecule has 0 heterocycles. The fraction of sp³-hybridized carbons (Fsp3) is 0.167. The molecule has 0 radical (unpaired) electrons. The van der Waals surface area contributed by atoms with Crippen molar-refractivity contribution >= 4 is 66.4 Å². The fourth-order valence-corrected chi connectivity index (χ4v) is 7.51. The van der Waals surface area contributed by atoms with E-state index in [4.69, 9.17) is 0 Å². The summed E-state index contributed by atoms with van der Waals surface area (Å²) in [6, 6.07) is 38.8. The van der Waals surface area contributed by atoms with Gasteiger partial charge in [0.1, 0.15) is 23.3 Å². The number of benzene rings is 8. The smallest absolute Gasteiger partial charge is 0.147 e. The molecular weight excluding hydrogens is 681 g/mol. The van der Waals surface area contributed by atoms with E-state index in [1.54, 1.807) is 9.80 Å². The molecule has 0 N–H and O–H groups in total. The van der Waals surface area contributed by atoms with Gasteiger partial charge < -0.3 is 9.80 Å². The van der Waals surface area contributed by atoms with Crippen molar-refractivity contribution in [3.8, 4) is 0 Å². The molecule has 8 aromatic carbocycles. The molecule has 0 bridgehead atoms. The van der Waals surface area contributed by atoms with Gasteiger partial charge in [0.05, 0.1) is 22.7 Å². The van der Waals surface area contributed by atoms with Gasteiger partial charge in [-0.1, -0.05) is 102 Å². The van der Waals surface area contributed by atoms with E-state index in [0.29, 0.717) is 22.7 Å². The van der Waals surface area contributed by atoms with Crippen LogP contribution in [0.5, 0.6) is 0 Å². The van der Waals surface area contributed by atoms with Crippen LogP contribution in [0.2, 0.25) is 0 Å². The third-order valence-electron chi connectivity index (χ3n) is 10.4. The third kappa shape index (κ3) is 6.09. The molecule has 0 amide bonds. The second-order valence-electron chi connectivity index (χ2n) is 16.0. The number of hydrogen-bond donors (Lipinski definition) is 0. The monoisotopic (exact) mass is 720 g/mol. The maximum atomic E-state index is 15.8. The number of rotatable bonds is 6. The minimum Gasteiger partial charge on any atom is -0.307 e. The molecule has 0 aliphatic rings. The highest BCUT2D eigenvalue weighted by atomic mass is 19.1. The van der Waals surface area contributed by atoms with Crippen LogP contribution in [0.4, 0.5) is 51.7 Å². The molecule has 0 aliphatic carbocycles. The molecule has 270 valence electrons. The summed E-state index contributed by atoms with van der Waals surface area (Å²) in [5.41, 5.74) is 4.87. The van der Waals surface area contributed by atoms with Crippen LogP contribution in [-0.2, 0) is 10.8 Å². The van der Waals surface area contributed by atoms with Crippen molar-refractivity contribution < 1.29 is 17.6 Å². The molecular formula is C48H40F4N2. The molecule has 0 unspecified atom stereocenters. The summed E-state index contributed by atoms with van der Waals surface area (Å²) in [4.78, 5) is 3.53. The lowest BCUT2D eigenvalue weighted by atomic mass is 9.87. The summed E-state index contributed by atoms with van der Waals surface area (Å²) in [7, 11) is 0. The van der Waals surface area contributed by atoms with Crippen molar-refractivity contribution in [1.82, 2.24) is 0 Å². The van der Waals surface area contributed by atoms with Gasteiger partial charge >= 0.3 is 0 Å². The lowest BCUT2D eigenvalue weighted by Crippen LogP contribution is -2.15. The molecule has 0 aliphatic heterocycles. The Labute approximate surface area is 313 Å². The molecule has 0 fully saturated rings. The molecule has 54 heavy (non-hydrogen) atoms. The summed E-state index contributed by atoms with van der Waals surface area (Å²) in [5, 5.41) is 5.38. The first-order chi connectivity index (χ1) is 25.7. The molecule has 0 saturated carbocycles. The van der Waals surface area contributed by atoms with Crippen LogP contribution in [0.15, 0.2) is 133 Å².